The van der Waals surface area contributed by atoms with Gasteiger partial charge < -0.3 is 15.0 Å². The van der Waals surface area contributed by atoms with Gasteiger partial charge in [-0.25, -0.2) is 9.78 Å². The van der Waals surface area contributed by atoms with E-state index in [9.17, 15) is 4.79 Å². The molecule has 5 nitrogen and oxygen atoms in total. The Morgan fingerprint density at radius 2 is 2.33 bits per heavy atom. The summed E-state index contributed by atoms with van der Waals surface area (Å²) in [6.45, 7) is 11.0. The molecule has 0 saturated carbocycles. The lowest BCUT2D eigenvalue weighted by Crippen LogP contribution is -2.36. The molecule has 6 heteroatoms. The molecule has 0 spiro atoms. The van der Waals surface area contributed by atoms with Crippen molar-refractivity contribution in [2.24, 2.45) is 5.92 Å². The quantitative estimate of drug-likeness (QED) is 0.929. The summed E-state index contributed by atoms with van der Waals surface area (Å²) < 4.78 is 5.40. The number of hydrogen-bond acceptors (Lipinski definition) is 5. The molecule has 2 heterocycles. The molecule has 0 radical (unpaired) electrons. The standard InChI is InChI=1S/C15H25N3O2S/c1-11-17-13(10-21-11)8-16-7-12-5-6-18(9-12)14(19)20-15(2,3)4/h10,12,16H,5-9H2,1-4H3. The van der Waals surface area contributed by atoms with Gasteiger partial charge >= 0.3 is 6.09 Å². The molecule has 1 unspecified atom stereocenters. The molecule has 0 aromatic carbocycles. The molecule has 0 aliphatic carbocycles. The summed E-state index contributed by atoms with van der Waals surface area (Å²) in [6, 6.07) is 0. The van der Waals surface area contributed by atoms with Gasteiger partial charge in [0, 0.05) is 31.6 Å². The van der Waals surface area contributed by atoms with Crippen LogP contribution in [-0.2, 0) is 11.3 Å². The number of carbonyl (C=O) groups is 1. The van der Waals surface area contributed by atoms with Crippen LogP contribution in [0.5, 0.6) is 0 Å². The van der Waals surface area contributed by atoms with Crippen LogP contribution in [0.1, 0.15) is 37.9 Å². The monoisotopic (exact) mass is 311 g/mol. The average Bonchev–Trinajstić information content (AvgIpc) is 2.97. The molecule has 1 aromatic rings. The van der Waals surface area contributed by atoms with E-state index in [-0.39, 0.29) is 6.09 Å². The molecule has 1 atom stereocenters. The summed E-state index contributed by atoms with van der Waals surface area (Å²) in [4.78, 5) is 18.2. The number of thiazole rings is 1. The summed E-state index contributed by atoms with van der Waals surface area (Å²) in [5, 5.41) is 6.62. The topological polar surface area (TPSA) is 54.5 Å². The van der Waals surface area contributed by atoms with E-state index in [2.05, 4.69) is 15.7 Å². The number of hydrogen-bond donors (Lipinski definition) is 1. The van der Waals surface area contributed by atoms with E-state index < -0.39 is 5.60 Å². The van der Waals surface area contributed by atoms with Crippen LogP contribution in [0.25, 0.3) is 0 Å². The lowest BCUT2D eigenvalue weighted by molar-refractivity contribution is 0.0288. The second-order valence-electron chi connectivity index (χ2n) is 6.57. The number of likely N-dealkylation sites (tertiary alicyclic amines) is 1. The van der Waals surface area contributed by atoms with E-state index >= 15 is 0 Å². The average molecular weight is 311 g/mol. The molecule has 2 rings (SSSR count). The van der Waals surface area contributed by atoms with Crippen molar-refractivity contribution in [1.29, 1.82) is 0 Å². The van der Waals surface area contributed by atoms with E-state index in [0.29, 0.717) is 5.92 Å². The van der Waals surface area contributed by atoms with Crippen LogP contribution in [0, 0.1) is 12.8 Å². The van der Waals surface area contributed by atoms with E-state index in [1.54, 1.807) is 11.3 Å². The molecular weight excluding hydrogens is 286 g/mol. The highest BCUT2D eigenvalue weighted by atomic mass is 32.1. The predicted octanol–water partition coefficient (Wildman–Crippen LogP) is 2.80. The molecule has 1 fully saturated rings. The molecule has 21 heavy (non-hydrogen) atoms. The highest BCUT2D eigenvalue weighted by molar-refractivity contribution is 7.09. The van der Waals surface area contributed by atoms with Crippen molar-refractivity contribution in [3.8, 4) is 0 Å². The molecule has 1 N–H and O–H groups in total. The number of aryl methyl sites for hydroxylation is 1. The van der Waals surface area contributed by atoms with Crippen molar-refractivity contribution < 1.29 is 9.53 Å². The second-order valence-corrected chi connectivity index (χ2v) is 7.63. The minimum atomic E-state index is -0.421. The van der Waals surface area contributed by atoms with Crippen molar-refractivity contribution in [2.45, 2.75) is 46.3 Å². The number of aromatic nitrogens is 1. The van der Waals surface area contributed by atoms with Crippen molar-refractivity contribution in [3.05, 3.63) is 16.1 Å². The number of rotatable bonds is 4. The van der Waals surface area contributed by atoms with Crippen LogP contribution in [0.4, 0.5) is 4.79 Å². The summed E-state index contributed by atoms with van der Waals surface area (Å²) >= 11 is 1.68. The van der Waals surface area contributed by atoms with Crippen LogP contribution in [-0.4, -0.2) is 41.2 Å². The Balaban J connectivity index is 1.69. The summed E-state index contributed by atoms with van der Waals surface area (Å²) in [5.41, 5.74) is 0.676. The predicted molar refractivity (Wildman–Crippen MR) is 84.5 cm³/mol. The van der Waals surface area contributed by atoms with Crippen LogP contribution < -0.4 is 5.32 Å². The third kappa shape index (κ3) is 5.28. The molecule has 1 aliphatic rings. The van der Waals surface area contributed by atoms with E-state index in [0.717, 1.165) is 43.3 Å². The Bertz CT molecular complexity index is 482. The van der Waals surface area contributed by atoms with E-state index in [4.69, 9.17) is 4.74 Å². The van der Waals surface area contributed by atoms with E-state index in [1.807, 2.05) is 32.6 Å². The highest BCUT2D eigenvalue weighted by Crippen LogP contribution is 2.19. The highest BCUT2D eigenvalue weighted by Gasteiger charge is 2.29. The Hall–Kier alpha value is -1.14. The zero-order valence-corrected chi connectivity index (χ0v) is 14.1. The van der Waals surface area contributed by atoms with Crippen molar-refractivity contribution in [2.75, 3.05) is 19.6 Å². The van der Waals surface area contributed by atoms with Gasteiger partial charge in [0.05, 0.1) is 10.7 Å². The zero-order chi connectivity index (χ0) is 15.5. The molecule has 1 saturated heterocycles. The van der Waals surface area contributed by atoms with Crippen molar-refractivity contribution in [1.82, 2.24) is 15.2 Å². The van der Waals surface area contributed by atoms with Crippen LogP contribution in [0.3, 0.4) is 0 Å². The number of ether oxygens (including phenoxy) is 1. The molecule has 118 valence electrons. The van der Waals surface area contributed by atoms with Crippen molar-refractivity contribution >= 4 is 17.4 Å². The first kappa shape index (κ1) is 16.2. The van der Waals surface area contributed by atoms with Gasteiger partial charge in [0.25, 0.3) is 0 Å². The van der Waals surface area contributed by atoms with Crippen LogP contribution >= 0.6 is 11.3 Å². The minimum absolute atomic E-state index is 0.194. The van der Waals surface area contributed by atoms with Gasteiger partial charge in [0.1, 0.15) is 5.60 Å². The summed E-state index contributed by atoms with van der Waals surface area (Å²) in [6.07, 6.45) is 0.836. The largest absolute Gasteiger partial charge is 0.444 e. The third-order valence-corrected chi connectivity index (χ3v) is 4.17. The first-order chi connectivity index (χ1) is 9.83. The molecular formula is C15H25N3O2S. The number of carbonyl (C=O) groups excluding carboxylic acids is 1. The van der Waals surface area contributed by atoms with Gasteiger partial charge in [0.2, 0.25) is 0 Å². The number of amides is 1. The summed E-state index contributed by atoms with van der Waals surface area (Å²) in [5.74, 6) is 0.497. The molecule has 1 aromatic heterocycles. The number of nitrogens with zero attached hydrogens (tertiary/aromatic N) is 2. The van der Waals surface area contributed by atoms with E-state index in [1.165, 1.54) is 0 Å². The maximum Gasteiger partial charge on any atom is 0.410 e. The Labute approximate surface area is 130 Å². The van der Waals surface area contributed by atoms with Gasteiger partial charge in [-0.15, -0.1) is 11.3 Å². The molecule has 1 aliphatic heterocycles. The maximum absolute atomic E-state index is 12.0. The minimum Gasteiger partial charge on any atom is -0.444 e. The maximum atomic E-state index is 12.0. The van der Waals surface area contributed by atoms with Gasteiger partial charge in [-0.05, 0) is 40.0 Å². The molecule has 0 bridgehead atoms. The number of nitrogens with one attached hydrogen (secondary N) is 1. The lowest BCUT2D eigenvalue weighted by Gasteiger charge is -2.24. The van der Waals surface area contributed by atoms with Crippen LogP contribution in [0.2, 0.25) is 0 Å². The SMILES string of the molecule is Cc1nc(CNCC2CCN(C(=O)OC(C)(C)C)C2)cs1. The fourth-order valence-corrected chi connectivity index (χ4v) is 3.00. The fourth-order valence-electron chi connectivity index (χ4n) is 2.39. The Morgan fingerprint density at radius 3 is 2.95 bits per heavy atom. The third-order valence-electron chi connectivity index (χ3n) is 3.34. The van der Waals surface area contributed by atoms with Crippen molar-refractivity contribution in [3.63, 3.8) is 0 Å². The Kier molecular flexibility index (Phi) is 5.22. The second kappa shape index (κ2) is 6.75. The van der Waals surface area contributed by atoms with Gasteiger partial charge in [-0.1, -0.05) is 0 Å². The zero-order valence-electron chi connectivity index (χ0n) is 13.3. The smallest absolute Gasteiger partial charge is 0.410 e. The van der Waals surface area contributed by atoms with Gasteiger partial charge in [0.15, 0.2) is 0 Å². The molecule has 1 amide bonds. The summed E-state index contributed by atoms with van der Waals surface area (Å²) in [7, 11) is 0. The van der Waals surface area contributed by atoms with Gasteiger partial charge in [-0.3, -0.25) is 0 Å². The fraction of sp³-hybridized carbons (Fsp3) is 0.733. The van der Waals surface area contributed by atoms with Gasteiger partial charge in [-0.2, -0.15) is 0 Å². The lowest BCUT2D eigenvalue weighted by atomic mass is 10.1. The van der Waals surface area contributed by atoms with Crippen LogP contribution in [0.15, 0.2) is 5.38 Å². The Morgan fingerprint density at radius 1 is 1.57 bits per heavy atom. The first-order valence-corrected chi connectivity index (χ1v) is 8.31. The first-order valence-electron chi connectivity index (χ1n) is 7.43. The normalized spacial score (nSPS) is 19.0.